The molecular weight excluding hydrogens is 264 g/mol. The summed E-state index contributed by atoms with van der Waals surface area (Å²) in [5.74, 6) is -0.306. The number of hydrogen-bond donors (Lipinski definition) is 1. The summed E-state index contributed by atoms with van der Waals surface area (Å²) in [6, 6.07) is 16.4. The number of hydrogen-bond acceptors (Lipinski definition) is 2. The molecular formula is C17H16N2O2. The second-order valence-electron chi connectivity index (χ2n) is 5.12. The summed E-state index contributed by atoms with van der Waals surface area (Å²) in [6.07, 6.45) is 0. The topological polar surface area (TPSA) is 49.4 Å². The molecule has 0 aliphatic carbocycles. The zero-order chi connectivity index (χ0) is 14.8. The van der Waals surface area contributed by atoms with E-state index in [9.17, 15) is 9.59 Å². The summed E-state index contributed by atoms with van der Waals surface area (Å²) in [4.78, 5) is 26.4. The van der Waals surface area contributed by atoms with Crippen molar-refractivity contribution in [3.63, 3.8) is 0 Å². The predicted molar refractivity (Wildman–Crippen MR) is 81.0 cm³/mol. The fraction of sp³-hybridized carbons (Fsp3) is 0.176. The molecule has 0 unspecified atom stereocenters. The molecule has 0 radical (unpaired) electrons. The van der Waals surface area contributed by atoms with E-state index < -0.39 is 6.04 Å². The van der Waals surface area contributed by atoms with Crippen molar-refractivity contribution in [1.29, 1.82) is 0 Å². The summed E-state index contributed by atoms with van der Waals surface area (Å²) in [5, 5.41) is 2.73. The zero-order valence-corrected chi connectivity index (χ0v) is 11.7. The lowest BCUT2D eigenvalue weighted by molar-refractivity contribution is -0.120. The van der Waals surface area contributed by atoms with E-state index in [0.717, 1.165) is 5.56 Å². The molecule has 21 heavy (non-hydrogen) atoms. The highest BCUT2D eigenvalue weighted by atomic mass is 16.2. The number of para-hydroxylation sites is 1. The van der Waals surface area contributed by atoms with Crippen LogP contribution in [0, 0.1) is 0 Å². The Hall–Kier alpha value is -2.62. The molecule has 3 rings (SSSR count). The van der Waals surface area contributed by atoms with Gasteiger partial charge in [-0.2, -0.15) is 0 Å². The summed E-state index contributed by atoms with van der Waals surface area (Å²) in [5.41, 5.74) is 2.22. The molecule has 0 saturated heterocycles. The first-order valence-electron chi connectivity index (χ1n) is 6.92. The van der Waals surface area contributed by atoms with Gasteiger partial charge in [0.15, 0.2) is 0 Å². The first kappa shape index (κ1) is 13.4. The minimum absolute atomic E-state index is 0.0999. The molecule has 1 heterocycles. The number of anilines is 1. The van der Waals surface area contributed by atoms with Crippen molar-refractivity contribution < 1.29 is 9.59 Å². The molecule has 1 atom stereocenters. The van der Waals surface area contributed by atoms with E-state index in [4.69, 9.17) is 0 Å². The van der Waals surface area contributed by atoms with Gasteiger partial charge in [0.1, 0.15) is 6.04 Å². The maximum atomic E-state index is 12.6. The Morgan fingerprint density at radius 1 is 1.00 bits per heavy atom. The SMILES string of the molecule is C[C@H]1NC(=O)c2ccccc2N(Cc2ccccc2)C1=O. The summed E-state index contributed by atoms with van der Waals surface area (Å²) in [7, 11) is 0. The van der Waals surface area contributed by atoms with Gasteiger partial charge in [-0.05, 0) is 24.6 Å². The lowest BCUT2D eigenvalue weighted by Gasteiger charge is -2.24. The highest BCUT2D eigenvalue weighted by molar-refractivity contribution is 6.10. The highest BCUT2D eigenvalue weighted by Crippen LogP contribution is 2.25. The van der Waals surface area contributed by atoms with Crippen molar-refractivity contribution in [2.75, 3.05) is 4.90 Å². The Morgan fingerprint density at radius 3 is 2.43 bits per heavy atom. The first-order valence-corrected chi connectivity index (χ1v) is 6.92. The van der Waals surface area contributed by atoms with Crippen molar-refractivity contribution in [1.82, 2.24) is 5.32 Å². The molecule has 0 saturated carbocycles. The van der Waals surface area contributed by atoms with Crippen LogP contribution in [0.2, 0.25) is 0 Å². The average Bonchev–Trinajstić information content (AvgIpc) is 2.60. The normalized spacial score (nSPS) is 18.0. The van der Waals surface area contributed by atoms with E-state index in [-0.39, 0.29) is 11.8 Å². The molecule has 2 aromatic carbocycles. The Kier molecular flexibility index (Phi) is 3.44. The Balaban J connectivity index is 2.05. The van der Waals surface area contributed by atoms with Gasteiger partial charge in [0.05, 0.1) is 17.8 Å². The van der Waals surface area contributed by atoms with Gasteiger partial charge in [0.25, 0.3) is 5.91 Å². The van der Waals surface area contributed by atoms with Gasteiger partial charge in [0, 0.05) is 0 Å². The van der Waals surface area contributed by atoms with E-state index in [1.807, 2.05) is 42.5 Å². The molecule has 0 spiro atoms. The number of carbonyl (C=O) groups is 2. The monoisotopic (exact) mass is 280 g/mol. The summed E-state index contributed by atoms with van der Waals surface area (Å²) < 4.78 is 0. The van der Waals surface area contributed by atoms with Crippen LogP contribution in [0.1, 0.15) is 22.8 Å². The Morgan fingerprint density at radius 2 is 1.67 bits per heavy atom. The van der Waals surface area contributed by atoms with Crippen LogP contribution in [0.25, 0.3) is 0 Å². The fourth-order valence-corrected chi connectivity index (χ4v) is 2.52. The Bertz CT molecular complexity index is 682. The molecule has 4 heteroatoms. The van der Waals surface area contributed by atoms with Gasteiger partial charge in [0.2, 0.25) is 5.91 Å². The number of carbonyl (C=O) groups excluding carboxylic acids is 2. The number of fused-ring (bicyclic) bond motifs is 1. The predicted octanol–water partition coefficient (Wildman–Crippen LogP) is 2.35. The van der Waals surface area contributed by atoms with Crippen LogP contribution in [-0.2, 0) is 11.3 Å². The van der Waals surface area contributed by atoms with Crippen molar-refractivity contribution >= 4 is 17.5 Å². The molecule has 1 aliphatic rings. The van der Waals surface area contributed by atoms with Crippen molar-refractivity contribution in [3.8, 4) is 0 Å². The molecule has 0 fully saturated rings. The van der Waals surface area contributed by atoms with Crippen LogP contribution in [0.4, 0.5) is 5.69 Å². The van der Waals surface area contributed by atoms with Gasteiger partial charge >= 0.3 is 0 Å². The number of nitrogens with zero attached hydrogens (tertiary/aromatic N) is 1. The third-order valence-corrected chi connectivity index (χ3v) is 3.61. The zero-order valence-electron chi connectivity index (χ0n) is 11.7. The number of benzene rings is 2. The third-order valence-electron chi connectivity index (χ3n) is 3.61. The first-order chi connectivity index (χ1) is 10.2. The molecule has 0 aromatic heterocycles. The summed E-state index contributed by atoms with van der Waals surface area (Å²) in [6.45, 7) is 2.17. The van der Waals surface area contributed by atoms with Gasteiger partial charge in [-0.15, -0.1) is 0 Å². The largest absolute Gasteiger partial charge is 0.340 e. The van der Waals surface area contributed by atoms with Crippen LogP contribution < -0.4 is 10.2 Å². The van der Waals surface area contributed by atoms with Crippen LogP contribution >= 0.6 is 0 Å². The lowest BCUT2D eigenvalue weighted by atomic mass is 10.1. The fourth-order valence-electron chi connectivity index (χ4n) is 2.52. The maximum Gasteiger partial charge on any atom is 0.254 e. The molecule has 1 aliphatic heterocycles. The Labute approximate surface area is 123 Å². The molecule has 106 valence electrons. The second-order valence-corrected chi connectivity index (χ2v) is 5.12. The van der Waals surface area contributed by atoms with E-state index >= 15 is 0 Å². The van der Waals surface area contributed by atoms with Gasteiger partial charge < -0.3 is 10.2 Å². The average molecular weight is 280 g/mol. The summed E-state index contributed by atoms with van der Waals surface area (Å²) >= 11 is 0. The van der Waals surface area contributed by atoms with Crippen molar-refractivity contribution in [3.05, 3.63) is 65.7 Å². The van der Waals surface area contributed by atoms with Crippen molar-refractivity contribution in [2.45, 2.75) is 19.5 Å². The quantitative estimate of drug-likeness (QED) is 0.918. The second kappa shape index (κ2) is 5.40. The molecule has 2 aromatic rings. The highest BCUT2D eigenvalue weighted by Gasteiger charge is 2.30. The maximum absolute atomic E-state index is 12.6. The van der Waals surface area contributed by atoms with Gasteiger partial charge in [-0.25, -0.2) is 0 Å². The van der Waals surface area contributed by atoms with E-state index in [0.29, 0.717) is 17.8 Å². The van der Waals surface area contributed by atoms with Crippen LogP contribution in [0.15, 0.2) is 54.6 Å². The molecule has 1 N–H and O–H groups in total. The van der Waals surface area contributed by atoms with Gasteiger partial charge in [-0.3, -0.25) is 9.59 Å². The standard InChI is InChI=1S/C17H16N2O2/c1-12-17(21)19(11-13-7-3-2-4-8-13)15-10-6-5-9-14(15)16(20)18-12/h2-10,12H,11H2,1H3,(H,18,20)/t12-/m1/s1. The number of amides is 2. The minimum atomic E-state index is -0.534. The molecule has 4 nitrogen and oxygen atoms in total. The van der Waals surface area contributed by atoms with E-state index in [1.165, 1.54) is 0 Å². The van der Waals surface area contributed by atoms with Crippen LogP contribution in [-0.4, -0.2) is 17.9 Å². The van der Waals surface area contributed by atoms with Crippen LogP contribution in [0.3, 0.4) is 0 Å². The number of nitrogens with one attached hydrogen (secondary N) is 1. The van der Waals surface area contributed by atoms with Gasteiger partial charge in [-0.1, -0.05) is 42.5 Å². The minimum Gasteiger partial charge on any atom is -0.340 e. The van der Waals surface area contributed by atoms with E-state index in [2.05, 4.69) is 5.32 Å². The smallest absolute Gasteiger partial charge is 0.254 e. The van der Waals surface area contributed by atoms with Crippen LogP contribution in [0.5, 0.6) is 0 Å². The third kappa shape index (κ3) is 2.52. The number of rotatable bonds is 2. The lowest BCUT2D eigenvalue weighted by Crippen LogP contribution is -2.43. The molecule has 0 bridgehead atoms. The molecule has 2 amide bonds. The van der Waals surface area contributed by atoms with E-state index in [1.54, 1.807) is 24.0 Å². The van der Waals surface area contributed by atoms with Crippen molar-refractivity contribution in [2.24, 2.45) is 0 Å².